The van der Waals surface area contributed by atoms with Gasteiger partial charge in [0.15, 0.2) is 0 Å². The van der Waals surface area contributed by atoms with Crippen LogP contribution < -0.4 is 10.6 Å². The van der Waals surface area contributed by atoms with E-state index in [0.717, 1.165) is 22.5 Å². The van der Waals surface area contributed by atoms with Gasteiger partial charge < -0.3 is 20.1 Å². The number of ether oxygens (including phenoxy) is 2. The van der Waals surface area contributed by atoms with Gasteiger partial charge in [0.2, 0.25) is 11.8 Å². The molecule has 6 nitrogen and oxygen atoms in total. The molecule has 2 aromatic carbocycles. The highest BCUT2D eigenvalue weighted by Crippen LogP contribution is 2.15. The number of methoxy groups -OCH3 is 2. The number of carbonyl (C=O) groups is 2. The second-order valence-electron chi connectivity index (χ2n) is 5.54. The molecule has 136 valence electrons. The average Bonchev–Trinajstić information content (AvgIpc) is 2.63. The third-order valence-electron chi connectivity index (χ3n) is 3.41. The number of nitrogens with one attached hydrogen (secondary N) is 2. The standard InChI is InChI=1S/C20H22N2O4/c1-25-13-19(23)21-17-9-5-15(6-10-17)3-4-16-7-11-18(12-8-16)22-20(24)14-26-2/h3-12H,13-14H2,1-2H3,(H,21,23)(H,22,24)/b4-3+. The van der Waals surface area contributed by atoms with E-state index in [-0.39, 0.29) is 25.0 Å². The van der Waals surface area contributed by atoms with Crippen molar-refractivity contribution < 1.29 is 19.1 Å². The van der Waals surface area contributed by atoms with Crippen molar-refractivity contribution in [1.82, 2.24) is 0 Å². The highest BCUT2D eigenvalue weighted by atomic mass is 16.5. The molecule has 0 spiro atoms. The molecule has 0 bridgehead atoms. The summed E-state index contributed by atoms with van der Waals surface area (Å²) < 4.78 is 9.55. The summed E-state index contributed by atoms with van der Waals surface area (Å²) >= 11 is 0. The molecule has 2 rings (SSSR count). The monoisotopic (exact) mass is 354 g/mol. The quantitative estimate of drug-likeness (QED) is 0.715. The van der Waals surface area contributed by atoms with Gasteiger partial charge in [-0.2, -0.15) is 0 Å². The highest BCUT2D eigenvalue weighted by Gasteiger charge is 2.01. The first-order valence-corrected chi connectivity index (χ1v) is 8.06. The van der Waals surface area contributed by atoms with Crippen molar-refractivity contribution in [3.8, 4) is 0 Å². The van der Waals surface area contributed by atoms with E-state index in [0.29, 0.717) is 0 Å². The Labute approximate surface area is 152 Å². The molecule has 0 atom stereocenters. The van der Waals surface area contributed by atoms with Gasteiger partial charge in [0.25, 0.3) is 0 Å². The van der Waals surface area contributed by atoms with Crippen molar-refractivity contribution in [3.05, 3.63) is 59.7 Å². The Morgan fingerprint density at radius 1 is 0.731 bits per heavy atom. The molecule has 0 radical (unpaired) electrons. The molecule has 2 aromatic rings. The van der Waals surface area contributed by atoms with Gasteiger partial charge in [-0.05, 0) is 35.4 Å². The largest absolute Gasteiger partial charge is 0.375 e. The molecule has 0 aliphatic rings. The lowest BCUT2D eigenvalue weighted by Gasteiger charge is -2.05. The molecule has 2 N–H and O–H groups in total. The molecule has 0 aliphatic heterocycles. The molecule has 0 aliphatic carbocycles. The summed E-state index contributed by atoms with van der Waals surface area (Å²) in [7, 11) is 2.96. The minimum Gasteiger partial charge on any atom is -0.375 e. The lowest BCUT2D eigenvalue weighted by Crippen LogP contribution is -2.16. The fourth-order valence-corrected chi connectivity index (χ4v) is 2.20. The molecule has 6 heteroatoms. The number of benzene rings is 2. The number of hydrogen-bond donors (Lipinski definition) is 2. The molecule has 0 heterocycles. The van der Waals surface area contributed by atoms with E-state index in [2.05, 4.69) is 10.6 Å². The van der Waals surface area contributed by atoms with E-state index in [4.69, 9.17) is 9.47 Å². The van der Waals surface area contributed by atoms with Crippen LogP contribution in [0.2, 0.25) is 0 Å². The zero-order valence-corrected chi connectivity index (χ0v) is 14.8. The molecule has 0 saturated heterocycles. The van der Waals surface area contributed by atoms with Gasteiger partial charge in [-0.15, -0.1) is 0 Å². The van der Waals surface area contributed by atoms with E-state index in [1.54, 1.807) is 0 Å². The number of rotatable bonds is 8. The molecule has 2 amide bonds. The van der Waals surface area contributed by atoms with E-state index >= 15 is 0 Å². The number of amides is 2. The van der Waals surface area contributed by atoms with Crippen molar-refractivity contribution in [2.24, 2.45) is 0 Å². The van der Waals surface area contributed by atoms with Gasteiger partial charge in [0.05, 0.1) is 0 Å². The maximum Gasteiger partial charge on any atom is 0.250 e. The van der Waals surface area contributed by atoms with E-state index in [1.807, 2.05) is 60.7 Å². The topological polar surface area (TPSA) is 76.7 Å². The van der Waals surface area contributed by atoms with Crippen molar-refractivity contribution in [1.29, 1.82) is 0 Å². The summed E-state index contributed by atoms with van der Waals surface area (Å²) in [6, 6.07) is 15.0. The lowest BCUT2D eigenvalue weighted by molar-refractivity contribution is -0.120. The first-order chi connectivity index (χ1) is 12.6. The van der Waals surface area contributed by atoms with Crippen LogP contribution in [-0.4, -0.2) is 39.2 Å². The van der Waals surface area contributed by atoms with Crippen LogP contribution in [0.15, 0.2) is 48.5 Å². The molecule has 0 unspecified atom stereocenters. The summed E-state index contributed by atoms with van der Waals surface area (Å²) in [6.45, 7) is 0.0626. The Bertz CT molecular complexity index is 687. The second kappa shape index (κ2) is 10.1. The van der Waals surface area contributed by atoms with Gasteiger partial charge in [-0.1, -0.05) is 36.4 Å². The molecule has 0 fully saturated rings. The van der Waals surface area contributed by atoms with Gasteiger partial charge in [-0.25, -0.2) is 0 Å². The van der Waals surface area contributed by atoms with Crippen LogP contribution in [0.5, 0.6) is 0 Å². The third-order valence-corrected chi connectivity index (χ3v) is 3.41. The van der Waals surface area contributed by atoms with Gasteiger partial charge in [0.1, 0.15) is 13.2 Å². The Hall–Kier alpha value is -2.96. The minimum atomic E-state index is -0.187. The van der Waals surface area contributed by atoms with Crippen LogP contribution >= 0.6 is 0 Å². The number of carbonyl (C=O) groups excluding carboxylic acids is 2. The van der Waals surface area contributed by atoms with E-state index in [1.165, 1.54) is 14.2 Å². The molecular weight excluding hydrogens is 332 g/mol. The lowest BCUT2D eigenvalue weighted by atomic mass is 10.1. The fourth-order valence-electron chi connectivity index (χ4n) is 2.20. The second-order valence-corrected chi connectivity index (χ2v) is 5.54. The number of anilines is 2. The zero-order chi connectivity index (χ0) is 18.8. The zero-order valence-electron chi connectivity index (χ0n) is 14.8. The third kappa shape index (κ3) is 6.51. The fraction of sp³-hybridized carbons (Fsp3) is 0.200. The minimum absolute atomic E-state index is 0.0313. The van der Waals surface area contributed by atoms with Crippen molar-refractivity contribution in [3.63, 3.8) is 0 Å². The number of hydrogen-bond acceptors (Lipinski definition) is 4. The van der Waals surface area contributed by atoms with Gasteiger partial charge in [-0.3, -0.25) is 9.59 Å². The normalized spacial score (nSPS) is 10.7. The van der Waals surface area contributed by atoms with Crippen LogP contribution in [-0.2, 0) is 19.1 Å². The van der Waals surface area contributed by atoms with Crippen LogP contribution in [0.4, 0.5) is 11.4 Å². The smallest absolute Gasteiger partial charge is 0.250 e. The van der Waals surface area contributed by atoms with Crippen LogP contribution in [0, 0.1) is 0 Å². The SMILES string of the molecule is COCC(=O)Nc1ccc(/C=C/c2ccc(NC(=O)COC)cc2)cc1. The van der Waals surface area contributed by atoms with Crippen molar-refractivity contribution >= 4 is 35.3 Å². The van der Waals surface area contributed by atoms with E-state index < -0.39 is 0 Å². The Balaban J connectivity index is 1.92. The van der Waals surface area contributed by atoms with Gasteiger partial charge >= 0.3 is 0 Å². The molecule has 26 heavy (non-hydrogen) atoms. The molecule has 0 aromatic heterocycles. The first kappa shape index (κ1) is 19.4. The van der Waals surface area contributed by atoms with Crippen molar-refractivity contribution in [2.75, 3.05) is 38.1 Å². The molecular formula is C20H22N2O4. The maximum atomic E-state index is 11.5. The summed E-state index contributed by atoms with van der Waals surface area (Å²) in [4.78, 5) is 22.9. The predicted octanol–water partition coefficient (Wildman–Crippen LogP) is 3.03. The van der Waals surface area contributed by atoms with E-state index in [9.17, 15) is 9.59 Å². The highest BCUT2D eigenvalue weighted by molar-refractivity contribution is 5.92. The van der Waals surface area contributed by atoms with Crippen LogP contribution in [0.3, 0.4) is 0 Å². The summed E-state index contributed by atoms with van der Waals surface area (Å²) in [5.41, 5.74) is 3.46. The summed E-state index contributed by atoms with van der Waals surface area (Å²) in [5.74, 6) is -0.373. The Kier molecular flexibility index (Phi) is 7.54. The predicted molar refractivity (Wildman–Crippen MR) is 103 cm³/mol. The Morgan fingerprint density at radius 2 is 1.08 bits per heavy atom. The van der Waals surface area contributed by atoms with Gasteiger partial charge in [0, 0.05) is 25.6 Å². The average molecular weight is 354 g/mol. The Morgan fingerprint density at radius 3 is 1.38 bits per heavy atom. The van der Waals surface area contributed by atoms with Crippen LogP contribution in [0.25, 0.3) is 12.2 Å². The van der Waals surface area contributed by atoms with Crippen LogP contribution in [0.1, 0.15) is 11.1 Å². The van der Waals surface area contributed by atoms with Crippen molar-refractivity contribution in [2.45, 2.75) is 0 Å². The molecule has 0 saturated carbocycles. The summed E-state index contributed by atoms with van der Waals surface area (Å²) in [6.07, 6.45) is 3.94. The maximum absolute atomic E-state index is 11.5. The first-order valence-electron chi connectivity index (χ1n) is 8.06. The summed E-state index contributed by atoms with van der Waals surface area (Å²) in [5, 5.41) is 5.49.